The van der Waals surface area contributed by atoms with Gasteiger partial charge in [-0.15, -0.1) is 11.8 Å². The van der Waals surface area contributed by atoms with Crippen LogP contribution in [-0.2, 0) is 7.05 Å². The van der Waals surface area contributed by atoms with Gasteiger partial charge in [0, 0.05) is 35.9 Å². The van der Waals surface area contributed by atoms with E-state index < -0.39 is 17.3 Å². The summed E-state index contributed by atoms with van der Waals surface area (Å²) >= 11 is 7.80. The number of nitrogens with zero attached hydrogens (tertiary/aromatic N) is 6. The van der Waals surface area contributed by atoms with Crippen LogP contribution in [0.1, 0.15) is 31.4 Å². The zero-order valence-electron chi connectivity index (χ0n) is 20.3. The first kappa shape index (κ1) is 25.5. The van der Waals surface area contributed by atoms with Crippen molar-refractivity contribution in [3.05, 3.63) is 92.3 Å². The number of halogens is 1. The highest BCUT2D eigenvalue weighted by molar-refractivity contribution is 7.99. The predicted molar refractivity (Wildman–Crippen MR) is 146 cm³/mol. The van der Waals surface area contributed by atoms with E-state index >= 15 is 0 Å². The number of benzene rings is 1. The molecule has 2 N–H and O–H groups in total. The lowest BCUT2D eigenvalue weighted by molar-refractivity contribution is 0.567. The molecule has 4 rings (SSSR count). The van der Waals surface area contributed by atoms with Gasteiger partial charge in [0.15, 0.2) is 17.0 Å². The summed E-state index contributed by atoms with van der Waals surface area (Å²) in [5, 5.41) is 0.546. The summed E-state index contributed by atoms with van der Waals surface area (Å²) in [6.07, 6.45) is 4.73. The van der Waals surface area contributed by atoms with E-state index in [2.05, 4.69) is 16.9 Å². The van der Waals surface area contributed by atoms with Crippen molar-refractivity contribution in [2.45, 2.75) is 24.8 Å². The summed E-state index contributed by atoms with van der Waals surface area (Å²) in [6, 6.07) is 10.4. The Labute approximate surface area is 217 Å². The van der Waals surface area contributed by atoms with Gasteiger partial charge < -0.3 is 5.73 Å². The van der Waals surface area contributed by atoms with Gasteiger partial charge in [-0.25, -0.2) is 9.78 Å². The molecule has 11 heteroatoms. The fourth-order valence-electron chi connectivity index (χ4n) is 3.99. The van der Waals surface area contributed by atoms with Crippen LogP contribution in [0.4, 0.5) is 0 Å². The average Bonchev–Trinajstić information content (AvgIpc) is 3.27. The van der Waals surface area contributed by atoms with Crippen LogP contribution < -0.4 is 17.0 Å². The first-order chi connectivity index (χ1) is 17.3. The number of fused-ring (bicyclic) bond motifs is 1. The molecule has 1 atom stereocenters. The zero-order chi connectivity index (χ0) is 26.0. The normalized spacial score (nSPS) is 13.1. The minimum atomic E-state index is -0.499. The summed E-state index contributed by atoms with van der Waals surface area (Å²) in [5.74, 6) is 1.30. The highest BCUT2D eigenvalue weighted by Gasteiger charge is 2.26. The number of hydrogen-bond acceptors (Lipinski definition) is 7. The van der Waals surface area contributed by atoms with Gasteiger partial charge in [0.2, 0.25) is 0 Å². The molecule has 186 valence electrons. The van der Waals surface area contributed by atoms with Crippen molar-refractivity contribution in [3.8, 4) is 5.69 Å². The van der Waals surface area contributed by atoms with Gasteiger partial charge in [0.05, 0.1) is 11.7 Å². The monoisotopic (exact) mass is 523 g/mol. The predicted octanol–water partition coefficient (Wildman–Crippen LogP) is 3.55. The van der Waals surface area contributed by atoms with Gasteiger partial charge in [-0.05, 0) is 61.4 Å². The minimum absolute atomic E-state index is 0.223. The molecule has 0 aliphatic heterocycles. The lowest BCUT2D eigenvalue weighted by atomic mass is 10.2. The second-order valence-corrected chi connectivity index (χ2v) is 9.71. The SMILES string of the molecule is CCSc1ccc(C(C)n2c(=O)n(C)c(=O)c3c2nc(C(C=CN)=NC)n3-c2ccc(Cl)cc2)nc1. The van der Waals surface area contributed by atoms with Crippen molar-refractivity contribution in [1.82, 2.24) is 23.7 Å². The van der Waals surface area contributed by atoms with E-state index in [-0.39, 0.29) is 11.2 Å². The number of rotatable bonds is 7. The molecule has 36 heavy (non-hydrogen) atoms. The highest BCUT2D eigenvalue weighted by Crippen LogP contribution is 2.25. The summed E-state index contributed by atoms with van der Waals surface area (Å²) in [6.45, 7) is 3.93. The second-order valence-electron chi connectivity index (χ2n) is 7.93. The third-order valence-electron chi connectivity index (χ3n) is 5.78. The van der Waals surface area contributed by atoms with Gasteiger partial charge >= 0.3 is 5.69 Å². The molecule has 0 aliphatic rings. The largest absolute Gasteiger partial charge is 0.405 e. The number of imidazole rings is 1. The van der Waals surface area contributed by atoms with E-state index in [0.717, 1.165) is 15.2 Å². The number of aromatic nitrogens is 5. The van der Waals surface area contributed by atoms with Crippen LogP contribution in [0.15, 0.2) is 74.3 Å². The smallest absolute Gasteiger partial charge is 0.333 e. The highest BCUT2D eigenvalue weighted by atomic mass is 35.5. The van der Waals surface area contributed by atoms with Crippen LogP contribution in [0.2, 0.25) is 5.02 Å². The summed E-state index contributed by atoms with van der Waals surface area (Å²) in [5.41, 5.74) is 6.89. The molecule has 4 aromatic rings. The molecular weight excluding hydrogens is 498 g/mol. The van der Waals surface area contributed by atoms with Gasteiger partial charge in [-0.2, -0.15) is 0 Å². The molecule has 0 saturated carbocycles. The Morgan fingerprint density at radius 2 is 1.94 bits per heavy atom. The topological polar surface area (TPSA) is 113 Å². The first-order valence-corrected chi connectivity index (χ1v) is 12.6. The van der Waals surface area contributed by atoms with Crippen molar-refractivity contribution in [3.63, 3.8) is 0 Å². The molecule has 0 fully saturated rings. The van der Waals surface area contributed by atoms with Crippen LogP contribution in [0.25, 0.3) is 16.9 Å². The Hall–Kier alpha value is -3.63. The van der Waals surface area contributed by atoms with Crippen LogP contribution in [0.5, 0.6) is 0 Å². The molecule has 0 bridgehead atoms. The van der Waals surface area contributed by atoms with E-state index in [9.17, 15) is 9.59 Å². The average molecular weight is 524 g/mol. The maximum absolute atomic E-state index is 13.5. The van der Waals surface area contributed by atoms with Gasteiger partial charge in [-0.1, -0.05) is 18.5 Å². The zero-order valence-corrected chi connectivity index (χ0v) is 21.9. The van der Waals surface area contributed by atoms with Crippen molar-refractivity contribution >= 4 is 40.2 Å². The molecule has 3 heterocycles. The van der Waals surface area contributed by atoms with E-state index in [4.69, 9.17) is 22.3 Å². The quantitative estimate of drug-likeness (QED) is 0.293. The first-order valence-electron chi connectivity index (χ1n) is 11.3. The van der Waals surface area contributed by atoms with Crippen molar-refractivity contribution < 1.29 is 0 Å². The minimum Gasteiger partial charge on any atom is -0.405 e. The number of pyridine rings is 1. The third kappa shape index (κ3) is 4.49. The lowest BCUT2D eigenvalue weighted by Gasteiger charge is -2.17. The Balaban J connectivity index is 2.08. The van der Waals surface area contributed by atoms with E-state index in [1.807, 2.05) is 19.1 Å². The van der Waals surface area contributed by atoms with Crippen LogP contribution >= 0.6 is 23.4 Å². The fourth-order valence-corrected chi connectivity index (χ4v) is 4.74. The maximum atomic E-state index is 13.5. The summed E-state index contributed by atoms with van der Waals surface area (Å²) in [7, 11) is 3.06. The lowest BCUT2D eigenvalue weighted by Crippen LogP contribution is -2.40. The number of allylic oxidation sites excluding steroid dienone is 1. The summed E-state index contributed by atoms with van der Waals surface area (Å²) in [4.78, 5) is 41.6. The van der Waals surface area contributed by atoms with E-state index in [0.29, 0.717) is 27.9 Å². The van der Waals surface area contributed by atoms with Crippen molar-refractivity contribution in [2.24, 2.45) is 17.8 Å². The summed E-state index contributed by atoms with van der Waals surface area (Å²) < 4.78 is 4.24. The van der Waals surface area contributed by atoms with E-state index in [1.165, 1.54) is 17.8 Å². The standard InChI is InChI=1S/C25H26ClN7O2S/c1-5-36-18-10-11-19(29-14-18)15(2)32-23-21(24(34)31(4)25(32)35)33(17-8-6-16(26)7-9-17)22(30-23)20(28-3)12-13-27/h6-15H,5,27H2,1-4H3. The number of hydrogen-bond donors (Lipinski definition) is 1. The molecule has 3 aromatic heterocycles. The second kappa shape index (κ2) is 10.5. The van der Waals surface area contributed by atoms with Crippen LogP contribution in [-0.4, -0.2) is 42.2 Å². The molecule has 0 amide bonds. The molecule has 0 spiro atoms. The number of nitrogens with two attached hydrogens (primary N) is 1. The molecule has 0 aliphatic carbocycles. The van der Waals surface area contributed by atoms with Crippen LogP contribution in [0.3, 0.4) is 0 Å². The fraction of sp³-hybridized carbons (Fsp3) is 0.240. The Morgan fingerprint density at radius 1 is 1.22 bits per heavy atom. The van der Waals surface area contributed by atoms with Gasteiger partial charge in [-0.3, -0.25) is 28.5 Å². The van der Waals surface area contributed by atoms with E-state index in [1.54, 1.807) is 59.9 Å². The van der Waals surface area contributed by atoms with Gasteiger partial charge in [0.25, 0.3) is 5.56 Å². The van der Waals surface area contributed by atoms with Gasteiger partial charge in [0.1, 0.15) is 5.71 Å². The molecular formula is C25H26ClN7O2S. The Kier molecular flexibility index (Phi) is 7.46. The Morgan fingerprint density at radius 3 is 2.53 bits per heavy atom. The number of aliphatic imine (C=N–C) groups is 1. The molecule has 1 aromatic carbocycles. The van der Waals surface area contributed by atoms with Crippen LogP contribution in [0, 0.1) is 0 Å². The molecule has 0 radical (unpaired) electrons. The molecule has 0 saturated heterocycles. The molecule has 9 nitrogen and oxygen atoms in total. The third-order valence-corrected chi connectivity index (χ3v) is 6.90. The van der Waals surface area contributed by atoms with Crippen molar-refractivity contribution in [1.29, 1.82) is 0 Å². The molecule has 1 unspecified atom stereocenters. The Bertz CT molecular complexity index is 1580. The number of thioether (sulfide) groups is 1. The van der Waals surface area contributed by atoms with Crippen molar-refractivity contribution in [2.75, 3.05) is 12.8 Å². The maximum Gasteiger partial charge on any atom is 0.333 e.